The molecule has 8 heteroatoms. The summed E-state index contributed by atoms with van der Waals surface area (Å²) in [4.78, 5) is 25.0. The van der Waals surface area contributed by atoms with Crippen molar-refractivity contribution in [3.05, 3.63) is 59.2 Å². The maximum atomic E-state index is 12.4. The van der Waals surface area contributed by atoms with E-state index in [9.17, 15) is 4.79 Å². The fourth-order valence-corrected chi connectivity index (χ4v) is 2.41. The average Bonchev–Trinajstić information content (AvgIpc) is 3.12. The molecular formula is C18H19N7O. The zero-order chi connectivity index (χ0) is 18.5. The molecule has 3 N–H and O–H groups in total. The van der Waals surface area contributed by atoms with E-state index in [0.29, 0.717) is 17.2 Å². The van der Waals surface area contributed by atoms with Crippen LogP contribution in [0.4, 0.5) is 17.3 Å². The topological polar surface area (TPSA) is 108 Å². The van der Waals surface area contributed by atoms with Gasteiger partial charge in [-0.05, 0) is 31.5 Å². The minimum Gasteiger partial charge on any atom is -0.339 e. The van der Waals surface area contributed by atoms with Gasteiger partial charge in [-0.2, -0.15) is 5.10 Å². The van der Waals surface area contributed by atoms with Crippen LogP contribution < -0.4 is 10.6 Å². The van der Waals surface area contributed by atoms with Gasteiger partial charge in [-0.25, -0.2) is 9.97 Å². The van der Waals surface area contributed by atoms with Crippen molar-refractivity contribution in [2.75, 3.05) is 17.7 Å². The fourth-order valence-electron chi connectivity index (χ4n) is 2.41. The van der Waals surface area contributed by atoms with Crippen molar-refractivity contribution in [2.45, 2.75) is 13.8 Å². The van der Waals surface area contributed by atoms with E-state index >= 15 is 0 Å². The van der Waals surface area contributed by atoms with Crippen LogP contribution in [0.2, 0.25) is 0 Å². The zero-order valence-electron chi connectivity index (χ0n) is 14.7. The Bertz CT molecular complexity index is 948. The van der Waals surface area contributed by atoms with Gasteiger partial charge in [-0.1, -0.05) is 6.07 Å². The highest BCUT2D eigenvalue weighted by molar-refractivity contribution is 6.04. The zero-order valence-corrected chi connectivity index (χ0v) is 14.7. The van der Waals surface area contributed by atoms with E-state index in [-0.39, 0.29) is 5.91 Å². The first-order valence-electron chi connectivity index (χ1n) is 8.00. The van der Waals surface area contributed by atoms with Gasteiger partial charge in [0.1, 0.15) is 18.0 Å². The monoisotopic (exact) mass is 349 g/mol. The number of aliphatic imine (C=N–C) groups is 1. The SMILES string of the molecule is CN=Cc1c(C)ncnc1Nc1cc(C(=O)Nc2ccn[nH]2)ccc1C. The first-order chi connectivity index (χ1) is 12.6. The largest absolute Gasteiger partial charge is 0.339 e. The van der Waals surface area contributed by atoms with E-state index in [0.717, 1.165) is 22.5 Å². The van der Waals surface area contributed by atoms with E-state index in [1.165, 1.54) is 6.33 Å². The summed E-state index contributed by atoms with van der Waals surface area (Å²) in [7, 11) is 1.70. The summed E-state index contributed by atoms with van der Waals surface area (Å²) in [6, 6.07) is 7.12. The molecule has 2 aromatic heterocycles. The van der Waals surface area contributed by atoms with Crippen LogP contribution >= 0.6 is 0 Å². The van der Waals surface area contributed by atoms with Crippen LogP contribution in [0.15, 0.2) is 41.8 Å². The van der Waals surface area contributed by atoms with Crippen LogP contribution in [0.1, 0.15) is 27.2 Å². The fraction of sp³-hybridized carbons (Fsp3) is 0.167. The minimum absolute atomic E-state index is 0.230. The van der Waals surface area contributed by atoms with Gasteiger partial charge in [-0.3, -0.25) is 14.9 Å². The van der Waals surface area contributed by atoms with E-state index in [4.69, 9.17) is 0 Å². The van der Waals surface area contributed by atoms with Crippen LogP contribution in [0.3, 0.4) is 0 Å². The molecule has 0 aliphatic heterocycles. The third-order valence-electron chi connectivity index (χ3n) is 3.84. The number of nitrogens with one attached hydrogen (secondary N) is 3. The number of hydrogen-bond acceptors (Lipinski definition) is 6. The number of benzene rings is 1. The number of nitrogens with zero attached hydrogens (tertiary/aromatic N) is 4. The van der Waals surface area contributed by atoms with Crippen molar-refractivity contribution in [3.63, 3.8) is 0 Å². The lowest BCUT2D eigenvalue weighted by Crippen LogP contribution is -2.13. The standard InChI is InChI=1S/C18H19N7O/c1-11-4-5-13(18(26)24-16-6-7-22-25-16)8-15(11)23-17-14(9-19-3)12(2)20-10-21-17/h4-10H,1-3H3,(H,20,21,23)(H2,22,24,25,26). The van der Waals surface area contributed by atoms with Crippen molar-refractivity contribution in [1.82, 2.24) is 20.2 Å². The van der Waals surface area contributed by atoms with Crippen LogP contribution in [0.5, 0.6) is 0 Å². The smallest absolute Gasteiger partial charge is 0.256 e. The molecule has 0 atom stereocenters. The maximum Gasteiger partial charge on any atom is 0.256 e. The lowest BCUT2D eigenvalue weighted by molar-refractivity contribution is 0.102. The Balaban J connectivity index is 1.89. The van der Waals surface area contributed by atoms with Gasteiger partial charge in [0.25, 0.3) is 5.91 Å². The molecule has 0 saturated carbocycles. The number of hydrogen-bond donors (Lipinski definition) is 3. The molecule has 0 radical (unpaired) electrons. The molecule has 0 fully saturated rings. The van der Waals surface area contributed by atoms with Crippen LogP contribution in [0.25, 0.3) is 0 Å². The molecule has 3 aromatic rings. The minimum atomic E-state index is -0.230. The highest BCUT2D eigenvalue weighted by Gasteiger charge is 2.12. The summed E-state index contributed by atoms with van der Waals surface area (Å²) in [5.74, 6) is 0.946. The Labute approximate surface area is 150 Å². The third-order valence-corrected chi connectivity index (χ3v) is 3.84. The van der Waals surface area contributed by atoms with Gasteiger partial charge in [0.15, 0.2) is 0 Å². The summed E-state index contributed by atoms with van der Waals surface area (Å²) >= 11 is 0. The van der Waals surface area contributed by atoms with Gasteiger partial charge >= 0.3 is 0 Å². The van der Waals surface area contributed by atoms with Gasteiger partial charge in [0.05, 0.1) is 17.5 Å². The van der Waals surface area contributed by atoms with Gasteiger partial charge in [-0.15, -0.1) is 0 Å². The summed E-state index contributed by atoms with van der Waals surface area (Å²) in [5, 5.41) is 12.6. The van der Waals surface area contributed by atoms with Crippen molar-refractivity contribution >= 4 is 29.4 Å². The molecule has 1 aromatic carbocycles. The molecule has 8 nitrogen and oxygen atoms in total. The first-order valence-corrected chi connectivity index (χ1v) is 8.00. The predicted molar refractivity (Wildman–Crippen MR) is 101 cm³/mol. The van der Waals surface area contributed by atoms with E-state index in [1.54, 1.807) is 37.7 Å². The number of aryl methyl sites for hydroxylation is 2. The van der Waals surface area contributed by atoms with Crippen molar-refractivity contribution in [3.8, 4) is 0 Å². The third kappa shape index (κ3) is 3.75. The molecule has 2 heterocycles. The molecule has 0 aliphatic rings. The summed E-state index contributed by atoms with van der Waals surface area (Å²) in [6.45, 7) is 3.85. The number of anilines is 3. The Kier molecular flexibility index (Phi) is 5.02. The quantitative estimate of drug-likeness (QED) is 0.614. The lowest BCUT2D eigenvalue weighted by atomic mass is 10.1. The molecule has 0 aliphatic carbocycles. The second kappa shape index (κ2) is 7.56. The second-order valence-electron chi connectivity index (χ2n) is 5.69. The number of carbonyl (C=O) groups excluding carboxylic acids is 1. The number of rotatable bonds is 5. The number of H-pyrrole nitrogens is 1. The van der Waals surface area contributed by atoms with Crippen molar-refractivity contribution in [1.29, 1.82) is 0 Å². The Hall–Kier alpha value is -3.55. The summed E-state index contributed by atoms with van der Waals surface area (Å²) < 4.78 is 0. The van der Waals surface area contributed by atoms with Crippen molar-refractivity contribution in [2.24, 2.45) is 4.99 Å². The average molecular weight is 349 g/mol. The van der Waals surface area contributed by atoms with E-state index in [1.807, 2.05) is 19.9 Å². The molecule has 0 spiro atoms. The van der Waals surface area contributed by atoms with Crippen molar-refractivity contribution < 1.29 is 4.79 Å². The lowest BCUT2D eigenvalue weighted by Gasteiger charge is -2.13. The van der Waals surface area contributed by atoms with Gasteiger partial charge in [0.2, 0.25) is 0 Å². The Morgan fingerprint density at radius 1 is 1.23 bits per heavy atom. The van der Waals surface area contributed by atoms with Gasteiger partial charge in [0, 0.05) is 30.6 Å². The highest BCUT2D eigenvalue weighted by atomic mass is 16.1. The Morgan fingerprint density at radius 3 is 2.81 bits per heavy atom. The second-order valence-corrected chi connectivity index (χ2v) is 5.69. The molecule has 132 valence electrons. The molecule has 0 bridgehead atoms. The predicted octanol–water partition coefficient (Wildman–Crippen LogP) is 2.86. The Morgan fingerprint density at radius 2 is 2.08 bits per heavy atom. The van der Waals surface area contributed by atoms with E-state index in [2.05, 4.69) is 35.8 Å². The first kappa shape index (κ1) is 17.3. The van der Waals surface area contributed by atoms with Crippen LogP contribution in [0, 0.1) is 13.8 Å². The van der Waals surface area contributed by atoms with Crippen LogP contribution in [-0.2, 0) is 0 Å². The van der Waals surface area contributed by atoms with Gasteiger partial charge < -0.3 is 10.6 Å². The number of carbonyl (C=O) groups is 1. The normalized spacial score (nSPS) is 10.9. The molecule has 0 unspecified atom stereocenters. The maximum absolute atomic E-state index is 12.4. The number of amides is 1. The number of aromatic nitrogens is 4. The van der Waals surface area contributed by atoms with Crippen LogP contribution in [-0.4, -0.2) is 39.3 Å². The number of aromatic amines is 1. The molecule has 0 saturated heterocycles. The summed E-state index contributed by atoms with van der Waals surface area (Å²) in [6.07, 6.45) is 4.78. The molecule has 1 amide bonds. The molecule has 3 rings (SSSR count). The molecule has 26 heavy (non-hydrogen) atoms. The highest BCUT2D eigenvalue weighted by Crippen LogP contribution is 2.23. The van der Waals surface area contributed by atoms with E-state index < -0.39 is 0 Å². The molecular weight excluding hydrogens is 330 g/mol. The summed E-state index contributed by atoms with van der Waals surface area (Å²) in [5.41, 5.74) is 3.91.